The lowest BCUT2D eigenvalue weighted by molar-refractivity contribution is -0.120. The Bertz CT molecular complexity index is 635. The molecule has 0 aliphatic rings. The molecule has 1 amide bonds. The van der Waals surface area contributed by atoms with Crippen molar-refractivity contribution in [2.45, 2.75) is 24.6 Å². The molecule has 0 atom stereocenters. The number of amides is 1. The number of hydrogen-bond donors (Lipinski definition) is 1. The van der Waals surface area contributed by atoms with Gasteiger partial charge >= 0.3 is 5.38 Å². The Kier molecular flexibility index (Phi) is 4.35. The van der Waals surface area contributed by atoms with Crippen molar-refractivity contribution in [3.05, 3.63) is 52.2 Å². The van der Waals surface area contributed by atoms with Gasteiger partial charge in [-0.2, -0.15) is 8.78 Å². The van der Waals surface area contributed by atoms with Gasteiger partial charge in [-0.15, -0.1) is 11.3 Å². The van der Waals surface area contributed by atoms with Gasteiger partial charge in [-0.1, -0.05) is 18.2 Å². The molecule has 0 spiro atoms. The number of carbonyl (C=O) groups is 1. The molecule has 0 saturated carbocycles. The fourth-order valence-electron chi connectivity index (χ4n) is 1.81. The molecule has 0 radical (unpaired) electrons. The molecule has 1 N–H and O–H groups in total. The van der Waals surface area contributed by atoms with Crippen LogP contribution >= 0.6 is 22.9 Å². The van der Waals surface area contributed by atoms with Crippen LogP contribution in [0, 0.1) is 0 Å². The predicted octanol–water partition coefficient (Wildman–Crippen LogP) is 4.95. The molecule has 0 aliphatic carbocycles. The number of nitrogens with one attached hydrogen (secondary N) is 1. The third-order valence-corrected chi connectivity index (χ3v) is 4.56. The summed E-state index contributed by atoms with van der Waals surface area (Å²) in [6.07, 6.45) is 0. The minimum atomic E-state index is -3.45. The summed E-state index contributed by atoms with van der Waals surface area (Å²) in [7, 11) is 0. The Morgan fingerprint density at radius 2 is 1.95 bits per heavy atom. The van der Waals surface area contributed by atoms with Gasteiger partial charge in [0.15, 0.2) is 0 Å². The highest BCUT2D eigenvalue weighted by Gasteiger charge is 2.32. The van der Waals surface area contributed by atoms with E-state index in [9.17, 15) is 13.6 Å². The van der Waals surface area contributed by atoms with Crippen molar-refractivity contribution in [2.75, 3.05) is 5.32 Å². The summed E-state index contributed by atoms with van der Waals surface area (Å²) < 4.78 is 26.2. The van der Waals surface area contributed by atoms with Crippen molar-refractivity contribution in [2.24, 2.45) is 0 Å². The SMILES string of the molecule is CC(C)(C(=O)Nc1cccc(C(F)(F)Cl)c1)c1cccs1. The van der Waals surface area contributed by atoms with Gasteiger partial charge in [0.1, 0.15) is 0 Å². The molecule has 0 fully saturated rings. The molecule has 0 unspecified atom stereocenters. The standard InChI is InChI=1S/C15H14ClF2NOS/c1-14(2,12-7-4-8-21-12)13(20)19-11-6-3-5-10(9-11)15(16,17)18/h3-9H,1-2H3,(H,19,20). The van der Waals surface area contributed by atoms with E-state index in [1.165, 1.54) is 29.5 Å². The van der Waals surface area contributed by atoms with E-state index in [1.807, 2.05) is 17.5 Å². The van der Waals surface area contributed by atoms with Gasteiger partial charge in [0, 0.05) is 16.1 Å². The summed E-state index contributed by atoms with van der Waals surface area (Å²) in [6, 6.07) is 9.10. The van der Waals surface area contributed by atoms with E-state index in [4.69, 9.17) is 11.6 Å². The van der Waals surface area contributed by atoms with Crippen LogP contribution in [-0.4, -0.2) is 5.91 Å². The summed E-state index contributed by atoms with van der Waals surface area (Å²) >= 11 is 6.47. The van der Waals surface area contributed by atoms with Gasteiger partial charge in [-0.05, 0) is 49.0 Å². The zero-order valence-corrected chi connectivity index (χ0v) is 13.1. The lowest BCUT2D eigenvalue weighted by Crippen LogP contribution is -2.34. The van der Waals surface area contributed by atoms with E-state index >= 15 is 0 Å². The minimum absolute atomic E-state index is 0.264. The zero-order chi connectivity index (χ0) is 15.7. The molecule has 0 bridgehead atoms. The Morgan fingerprint density at radius 1 is 1.24 bits per heavy atom. The van der Waals surface area contributed by atoms with E-state index < -0.39 is 10.8 Å². The summed E-state index contributed by atoms with van der Waals surface area (Å²) in [5, 5.41) is 1.09. The second kappa shape index (κ2) is 5.73. The molecule has 21 heavy (non-hydrogen) atoms. The maximum Gasteiger partial charge on any atom is 0.348 e. The number of halogens is 3. The lowest BCUT2D eigenvalue weighted by atomic mass is 9.90. The molecular formula is C15H14ClF2NOS. The van der Waals surface area contributed by atoms with Crippen LogP contribution in [0.4, 0.5) is 14.5 Å². The highest BCUT2D eigenvalue weighted by Crippen LogP contribution is 2.34. The summed E-state index contributed by atoms with van der Waals surface area (Å²) in [6.45, 7) is 3.57. The number of thiophene rings is 1. The molecule has 0 saturated heterocycles. The molecule has 2 aromatic rings. The average Bonchev–Trinajstić information content (AvgIpc) is 2.92. The van der Waals surface area contributed by atoms with E-state index in [2.05, 4.69) is 5.32 Å². The molecule has 0 aliphatic heterocycles. The molecule has 112 valence electrons. The van der Waals surface area contributed by atoms with Crippen LogP contribution in [-0.2, 0) is 15.6 Å². The minimum Gasteiger partial charge on any atom is -0.325 e. The predicted molar refractivity (Wildman–Crippen MR) is 82.2 cm³/mol. The van der Waals surface area contributed by atoms with Gasteiger partial charge in [-0.25, -0.2) is 0 Å². The number of rotatable bonds is 4. The van der Waals surface area contributed by atoms with Crippen molar-refractivity contribution < 1.29 is 13.6 Å². The summed E-state index contributed by atoms with van der Waals surface area (Å²) in [5.41, 5.74) is -0.799. The van der Waals surface area contributed by atoms with Crippen LogP contribution in [0.2, 0.25) is 0 Å². The third kappa shape index (κ3) is 3.60. The number of alkyl halides is 3. The highest BCUT2D eigenvalue weighted by atomic mass is 35.5. The molecule has 1 aromatic heterocycles. The van der Waals surface area contributed by atoms with E-state index in [0.29, 0.717) is 5.69 Å². The molecule has 6 heteroatoms. The quantitative estimate of drug-likeness (QED) is 0.790. The zero-order valence-electron chi connectivity index (χ0n) is 11.5. The van der Waals surface area contributed by atoms with Gasteiger partial charge in [0.25, 0.3) is 0 Å². The fourth-order valence-corrected chi connectivity index (χ4v) is 2.77. The topological polar surface area (TPSA) is 29.1 Å². The van der Waals surface area contributed by atoms with Crippen LogP contribution in [0.1, 0.15) is 24.3 Å². The Morgan fingerprint density at radius 3 is 2.52 bits per heavy atom. The van der Waals surface area contributed by atoms with Crippen molar-refractivity contribution in [1.29, 1.82) is 0 Å². The Labute approximate surface area is 130 Å². The van der Waals surface area contributed by atoms with Gasteiger partial charge in [0.2, 0.25) is 5.91 Å². The molecule has 2 nitrogen and oxygen atoms in total. The van der Waals surface area contributed by atoms with Crippen molar-refractivity contribution >= 4 is 34.5 Å². The maximum atomic E-state index is 13.1. The van der Waals surface area contributed by atoms with Crippen LogP contribution in [0.25, 0.3) is 0 Å². The van der Waals surface area contributed by atoms with E-state index in [0.717, 1.165) is 4.88 Å². The number of benzene rings is 1. The van der Waals surface area contributed by atoms with Crippen LogP contribution < -0.4 is 5.32 Å². The normalized spacial score (nSPS) is 12.2. The molecule has 2 rings (SSSR count). The van der Waals surface area contributed by atoms with E-state index in [-0.39, 0.29) is 11.5 Å². The average molecular weight is 330 g/mol. The van der Waals surface area contributed by atoms with Crippen molar-refractivity contribution in [3.63, 3.8) is 0 Å². The second-order valence-corrected chi connectivity index (χ2v) is 6.56. The fraction of sp³-hybridized carbons (Fsp3) is 0.267. The molecular weight excluding hydrogens is 316 g/mol. The first-order valence-corrected chi connectivity index (χ1v) is 7.50. The first-order chi connectivity index (χ1) is 9.71. The van der Waals surface area contributed by atoms with Crippen LogP contribution in [0.5, 0.6) is 0 Å². The largest absolute Gasteiger partial charge is 0.348 e. The monoisotopic (exact) mass is 329 g/mol. The van der Waals surface area contributed by atoms with E-state index in [1.54, 1.807) is 19.9 Å². The van der Waals surface area contributed by atoms with Crippen LogP contribution in [0.15, 0.2) is 41.8 Å². The first kappa shape index (κ1) is 15.9. The van der Waals surface area contributed by atoms with Crippen molar-refractivity contribution in [3.8, 4) is 0 Å². The highest BCUT2D eigenvalue weighted by molar-refractivity contribution is 7.10. The Hall–Kier alpha value is -1.46. The lowest BCUT2D eigenvalue weighted by Gasteiger charge is -2.22. The van der Waals surface area contributed by atoms with Gasteiger partial charge in [0.05, 0.1) is 5.41 Å². The van der Waals surface area contributed by atoms with Crippen molar-refractivity contribution in [1.82, 2.24) is 0 Å². The summed E-state index contributed by atoms with van der Waals surface area (Å²) in [4.78, 5) is 13.3. The smallest absolute Gasteiger partial charge is 0.325 e. The third-order valence-electron chi connectivity index (χ3n) is 3.15. The maximum absolute atomic E-state index is 13.1. The molecule has 1 heterocycles. The number of hydrogen-bond acceptors (Lipinski definition) is 2. The van der Waals surface area contributed by atoms with Gasteiger partial charge in [-0.3, -0.25) is 4.79 Å². The number of anilines is 1. The first-order valence-electron chi connectivity index (χ1n) is 6.24. The summed E-state index contributed by atoms with van der Waals surface area (Å²) in [5.74, 6) is -0.264. The Balaban J connectivity index is 2.21. The van der Waals surface area contributed by atoms with Gasteiger partial charge < -0.3 is 5.32 Å². The number of carbonyl (C=O) groups excluding carboxylic acids is 1. The molecule has 1 aromatic carbocycles. The second-order valence-electron chi connectivity index (χ2n) is 5.13. The van der Waals surface area contributed by atoms with Crippen LogP contribution in [0.3, 0.4) is 0 Å².